The number of aromatic nitrogens is 2. The van der Waals surface area contributed by atoms with Crippen LogP contribution in [0.2, 0.25) is 0 Å². The summed E-state index contributed by atoms with van der Waals surface area (Å²) >= 11 is 0. The van der Waals surface area contributed by atoms with Crippen molar-refractivity contribution in [3.63, 3.8) is 0 Å². The van der Waals surface area contributed by atoms with Crippen LogP contribution < -0.4 is 9.62 Å². The van der Waals surface area contributed by atoms with Gasteiger partial charge in [0, 0.05) is 24.3 Å². The van der Waals surface area contributed by atoms with E-state index in [1.54, 1.807) is 18.2 Å². The SMILES string of the molecule is Cc1cc(C)c(S(=O)(=O)Nc2cccc(-c3ccc(N4CCOCC4)nn3)c2)c(C)c1. The van der Waals surface area contributed by atoms with Crippen molar-refractivity contribution in [1.82, 2.24) is 10.2 Å². The number of hydrogen-bond acceptors (Lipinski definition) is 6. The highest BCUT2D eigenvalue weighted by atomic mass is 32.2. The zero-order valence-electron chi connectivity index (χ0n) is 17.9. The number of morpholine rings is 1. The molecule has 1 aliphatic heterocycles. The van der Waals surface area contributed by atoms with Gasteiger partial charge in [-0.2, -0.15) is 0 Å². The van der Waals surface area contributed by atoms with Crippen molar-refractivity contribution < 1.29 is 13.2 Å². The molecule has 0 radical (unpaired) electrons. The Kier molecular flexibility index (Phi) is 5.93. The minimum absolute atomic E-state index is 0.318. The standard InChI is InChI=1S/C23H26N4O3S/c1-16-13-17(2)23(18(3)14-16)31(28,29)26-20-6-4-5-19(15-20)21-7-8-22(25-24-21)27-9-11-30-12-10-27/h4-8,13-15,26H,9-12H2,1-3H3. The smallest absolute Gasteiger partial charge is 0.262 e. The number of anilines is 2. The summed E-state index contributed by atoms with van der Waals surface area (Å²) in [6.45, 7) is 8.55. The first-order valence-electron chi connectivity index (χ1n) is 10.2. The van der Waals surface area contributed by atoms with Gasteiger partial charge in [-0.25, -0.2) is 8.42 Å². The fraction of sp³-hybridized carbons (Fsp3) is 0.304. The quantitative estimate of drug-likeness (QED) is 0.654. The van der Waals surface area contributed by atoms with Crippen LogP contribution in [-0.2, 0) is 14.8 Å². The van der Waals surface area contributed by atoms with E-state index in [-0.39, 0.29) is 0 Å². The van der Waals surface area contributed by atoms with Crippen molar-refractivity contribution >= 4 is 21.5 Å². The Morgan fingerprint density at radius 1 is 0.935 bits per heavy atom. The molecule has 3 aromatic rings. The number of nitrogens with zero attached hydrogens (tertiary/aromatic N) is 3. The molecule has 0 atom stereocenters. The zero-order chi connectivity index (χ0) is 22.0. The van der Waals surface area contributed by atoms with E-state index in [0.717, 1.165) is 41.2 Å². The molecule has 1 aliphatic rings. The molecule has 0 spiro atoms. The fourth-order valence-corrected chi connectivity index (χ4v) is 5.48. The molecular formula is C23H26N4O3S. The first kappa shape index (κ1) is 21.3. The largest absolute Gasteiger partial charge is 0.378 e. The van der Waals surface area contributed by atoms with Gasteiger partial charge in [-0.05, 0) is 56.2 Å². The van der Waals surface area contributed by atoms with Gasteiger partial charge < -0.3 is 9.64 Å². The summed E-state index contributed by atoms with van der Waals surface area (Å²) in [5.74, 6) is 0.814. The monoisotopic (exact) mass is 438 g/mol. The van der Waals surface area contributed by atoms with Gasteiger partial charge in [-0.3, -0.25) is 4.72 Å². The summed E-state index contributed by atoms with van der Waals surface area (Å²) in [6, 6.07) is 14.8. The molecule has 7 nitrogen and oxygen atoms in total. The highest BCUT2D eigenvalue weighted by Crippen LogP contribution is 2.27. The second-order valence-electron chi connectivity index (χ2n) is 7.79. The highest BCUT2D eigenvalue weighted by molar-refractivity contribution is 7.92. The molecule has 4 rings (SSSR count). The van der Waals surface area contributed by atoms with Crippen LogP contribution in [0, 0.1) is 20.8 Å². The van der Waals surface area contributed by atoms with E-state index >= 15 is 0 Å². The van der Waals surface area contributed by atoms with Crippen molar-refractivity contribution in [2.75, 3.05) is 35.9 Å². The number of benzene rings is 2. The average Bonchev–Trinajstić information content (AvgIpc) is 2.73. The third-order valence-corrected chi connectivity index (χ3v) is 6.96. The Bertz CT molecular complexity index is 1160. The molecule has 1 fully saturated rings. The maximum Gasteiger partial charge on any atom is 0.262 e. The van der Waals surface area contributed by atoms with E-state index in [2.05, 4.69) is 19.8 Å². The Labute approximate surface area is 183 Å². The Balaban J connectivity index is 1.57. The normalized spacial score (nSPS) is 14.5. The lowest BCUT2D eigenvalue weighted by atomic mass is 10.1. The van der Waals surface area contributed by atoms with Crippen molar-refractivity contribution in [3.8, 4) is 11.3 Å². The number of aryl methyl sites for hydroxylation is 3. The Morgan fingerprint density at radius 2 is 1.65 bits per heavy atom. The van der Waals surface area contributed by atoms with Crippen molar-refractivity contribution in [2.24, 2.45) is 0 Å². The fourth-order valence-electron chi connectivity index (χ4n) is 3.98. The molecular weight excluding hydrogens is 412 g/mol. The second-order valence-corrected chi connectivity index (χ2v) is 9.41. The van der Waals surface area contributed by atoms with Gasteiger partial charge in [-0.15, -0.1) is 10.2 Å². The second kappa shape index (κ2) is 8.64. The maximum atomic E-state index is 13.1. The molecule has 31 heavy (non-hydrogen) atoms. The molecule has 2 aromatic carbocycles. The van der Waals surface area contributed by atoms with Crippen LogP contribution in [0.4, 0.5) is 11.5 Å². The summed E-state index contributed by atoms with van der Waals surface area (Å²) in [5.41, 5.74) is 4.45. The zero-order valence-corrected chi connectivity index (χ0v) is 18.7. The molecule has 8 heteroatoms. The Morgan fingerprint density at radius 3 is 2.29 bits per heavy atom. The van der Waals surface area contributed by atoms with Crippen LogP contribution in [0.3, 0.4) is 0 Å². The lowest BCUT2D eigenvalue weighted by Crippen LogP contribution is -2.36. The van der Waals surface area contributed by atoms with Gasteiger partial charge in [0.1, 0.15) is 0 Å². The van der Waals surface area contributed by atoms with Crippen LogP contribution in [0.5, 0.6) is 0 Å². The molecule has 0 aliphatic carbocycles. The summed E-state index contributed by atoms with van der Waals surface area (Å²) in [4.78, 5) is 2.45. The summed E-state index contributed by atoms with van der Waals surface area (Å²) < 4.78 is 34.2. The molecule has 1 saturated heterocycles. The number of nitrogens with one attached hydrogen (secondary N) is 1. The van der Waals surface area contributed by atoms with Crippen molar-refractivity contribution in [1.29, 1.82) is 0 Å². The van der Waals surface area contributed by atoms with Gasteiger partial charge in [0.25, 0.3) is 10.0 Å². The van der Waals surface area contributed by atoms with Gasteiger partial charge in [-0.1, -0.05) is 29.8 Å². The van der Waals surface area contributed by atoms with Crippen molar-refractivity contribution in [3.05, 3.63) is 65.2 Å². The van der Waals surface area contributed by atoms with Gasteiger partial charge in [0.05, 0.1) is 23.8 Å². The summed E-state index contributed by atoms with van der Waals surface area (Å²) in [7, 11) is -3.72. The lowest BCUT2D eigenvalue weighted by molar-refractivity contribution is 0.122. The first-order valence-corrected chi connectivity index (χ1v) is 11.7. The van der Waals surface area contributed by atoms with Crippen LogP contribution in [0.25, 0.3) is 11.3 Å². The minimum atomic E-state index is -3.72. The van der Waals surface area contributed by atoms with Crippen LogP contribution in [-0.4, -0.2) is 44.9 Å². The van der Waals surface area contributed by atoms with Crippen LogP contribution >= 0.6 is 0 Å². The number of sulfonamides is 1. The topological polar surface area (TPSA) is 84.4 Å². The van der Waals surface area contributed by atoms with E-state index in [0.29, 0.717) is 29.5 Å². The maximum absolute atomic E-state index is 13.1. The molecule has 0 unspecified atom stereocenters. The van der Waals surface area contributed by atoms with E-state index in [1.807, 2.05) is 51.1 Å². The number of rotatable bonds is 5. The molecule has 0 amide bonds. The lowest BCUT2D eigenvalue weighted by Gasteiger charge is -2.27. The van der Waals surface area contributed by atoms with E-state index in [9.17, 15) is 8.42 Å². The molecule has 2 heterocycles. The van der Waals surface area contributed by atoms with E-state index < -0.39 is 10.0 Å². The van der Waals surface area contributed by atoms with E-state index in [1.165, 1.54) is 0 Å². The van der Waals surface area contributed by atoms with E-state index in [4.69, 9.17) is 4.74 Å². The first-order chi connectivity index (χ1) is 14.8. The van der Waals surface area contributed by atoms with Crippen molar-refractivity contribution in [2.45, 2.75) is 25.7 Å². The van der Waals surface area contributed by atoms with Crippen LogP contribution in [0.15, 0.2) is 53.4 Å². The van der Waals surface area contributed by atoms with Gasteiger partial charge in [0.2, 0.25) is 0 Å². The summed E-state index contributed by atoms with van der Waals surface area (Å²) in [6.07, 6.45) is 0. The molecule has 0 saturated carbocycles. The minimum Gasteiger partial charge on any atom is -0.378 e. The average molecular weight is 439 g/mol. The van der Waals surface area contributed by atoms with Gasteiger partial charge in [0.15, 0.2) is 5.82 Å². The number of hydrogen-bond donors (Lipinski definition) is 1. The molecule has 0 bridgehead atoms. The summed E-state index contributed by atoms with van der Waals surface area (Å²) in [5, 5.41) is 8.69. The van der Waals surface area contributed by atoms with Crippen LogP contribution in [0.1, 0.15) is 16.7 Å². The molecule has 1 N–H and O–H groups in total. The molecule has 1 aromatic heterocycles. The molecule has 162 valence electrons. The third kappa shape index (κ3) is 4.70. The number of ether oxygens (including phenoxy) is 1. The highest BCUT2D eigenvalue weighted by Gasteiger charge is 2.20. The predicted octanol–water partition coefficient (Wildman–Crippen LogP) is 3.71. The predicted molar refractivity (Wildman–Crippen MR) is 122 cm³/mol. The Hall–Kier alpha value is -2.97. The van der Waals surface area contributed by atoms with Gasteiger partial charge >= 0.3 is 0 Å². The third-order valence-electron chi connectivity index (χ3n) is 5.27.